The predicted molar refractivity (Wildman–Crippen MR) is 118 cm³/mol. The SMILES string of the molecule is CCCCCCCCCC(=O)N[C@@H](CN1CCC[C@H]1CO)[C@@H](O)c1ccccc1. The third kappa shape index (κ3) is 8.45. The molecule has 1 amide bonds. The minimum absolute atomic E-state index is 0.0123. The highest BCUT2D eigenvalue weighted by atomic mass is 16.3. The van der Waals surface area contributed by atoms with E-state index in [4.69, 9.17) is 0 Å². The molecule has 0 aromatic heterocycles. The van der Waals surface area contributed by atoms with E-state index >= 15 is 0 Å². The molecule has 0 unspecified atom stereocenters. The normalized spacial score (nSPS) is 19.2. The Balaban J connectivity index is 1.86. The molecule has 3 N–H and O–H groups in total. The summed E-state index contributed by atoms with van der Waals surface area (Å²) in [5.74, 6) is 0.0123. The molecule has 29 heavy (non-hydrogen) atoms. The van der Waals surface area contributed by atoms with Gasteiger partial charge in [0.2, 0.25) is 5.91 Å². The monoisotopic (exact) mass is 404 g/mol. The highest BCUT2D eigenvalue weighted by molar-refractivity contribution is 5.76. The standard InChI is InChI=1S/C24H40N2O3/c1-2-3-4-5-6-7-11-16-23(28)25-22(18-26-17-12-15-21(26)19-27)24(29)20-13-9-8-10-14-20/h8-10,13-14,21-22,24,27,29H,2-7,11-12,15-19H2,1H3,(H,25,28)/t21-,22-,24-/m0/s1. The molecule has 0 bridgehead atoms. The molecular formula is C24H40N2O3. The zero-order chi connectivity index (χ0) is 20.9. The molecule has 1 aliphatic rings. The molecule has 1 saturated heterocycles. The first-order valence-corrected chi connectivity index (χ1v) is 11.5. The first-order chi connectivity index (χ1) is 14.2. The topological polar surface area (TPSA) is 72.8 Å². The van der Waals surface area contributed by atoms with E-state index in [1.807, 2.05) is 30.3 Å². The van der Waals surface area contributed by atoms with E-state index in [9.17, 15) is 15.0 Å². The number of aliphatic hydroxyl groups is 2. The molecule has 0 radical (unpaired) electrons. The first-order valence-electron chi connectivity index (χ1n) is 11.5. The Morgan fingerprint density at radius 1 is 1.14 bits per heavy atom. The van der Waals surface area contributed by atoms with Crippen LogP contribution < -0.4 is 5.32 Å². The highest BCUT2D eigenvalue weighted by Gasteiger charge is 2.30. The van der Waals surface area contributed by atoms with Crippen LogP contribution in [-0.2, 0) is 4.79 Å². The zero-order valence-electron chi connectivity index (χ0n) is 18.1. The summed E-state index contributed by atoms with van der Waals surface area (Å²) in [5, 5.41) is 23.6. The quantitative estimate of drug-likeness (QED) is 0.412. The summed E-state index contributed by atoms with van der Waals surface area (Å²) >= 11 is 0. The molecule has 5 heteroatoms. The number of benzene rings is 1. The van der Waals surface area contributed by atoms with E-state index in [1.165, 1.54) is 32.1 Å². The number of hydrogen-bond acceptors (Lipinski definition) is 4. The van der Waals surface area contributed by atoms with Crippen LogP contribution in [0.25, 0.3) is 0 Å². The van der Waals surface area contributed by atoms with Crippen molar-refractivity contribution < 1.29 is 15.0 Å². The van der Waals surface area contributed by atoms with Gasteiger partial charge < -0.3 is 15.5 Å². The molecule has 164 valence electrons. The molecule has 0 aliphatic carbocycles. The number of nitrogens with one attached hydrogen (secondary N) is 1. The van der Waals surface area contributed by atoms with Crippen molar-refractivity contribution in [3.05, 3.63) is 35.9 Å². The van der Waals surface area contributed by atoms with Crippen LogP contribution in [0.3, 0.4) is 0 Å². The third-order valence-corrected chi connectivity index (χ3v) is 6.02. The fourth-order valence-electron chi connectivity index (χ4n) is 4.22. The molecule has 5 nitrogen and oxygen atoms in total. The molecule has 2 rings (SSSR count). The Bertz CT molecular complexity index is 567. The summed E-state index contributed by atoms with van der Waals surface area (Å²) in [6.07, 6.45) is 10.0. The minimum atomic E-state index is -0.755. The molecular weight excluding hydrogens is 364 g/mol. The van der Waals surface area contributed by atoms with E-state index in [1.54, 1.807) is 0 Å². The van der Waals surface area contributed by atoms with E-state index in [0.717, 1.165) is 37.8 Å². The number of likely N-dealkylation sites (tertiary alicyclic amines) is 1. The molecule has 0 saturated carbocycles. The number of nitrogens with zero attached hydrogens (tertiary/aromatic N) is 1. The van der Waals surface area contributed by atoms with Crippen molar-refractivity contribution in [2.24, 2.45) is 0 Å². The number of amides is 1. The van der Waals surface area contributed by atoms with Gasteiger partial charge >= 0.3 is 0 Å². The number of carbonyl (C=O) groups excluding carboxylic acids is 1. The fraction of sp³-hybridized carbons (Fsp3) is 0.708. The third-order valence-electron chi connectivity index (χ3n) is 6.02. The Morgan fingerprint density at radius 2 is 1.83 bits per heavy atom. The number of rotatable bonds is 14. The van der Waals surface area contributed by atoms with Crippen molar-refractivity contribution in [2.45, 2.75) is 89.3 Å². The van der Waals surface area contributed by atoms with Gasteiger partial charge in [0.1, 0.15) is 6.10 Å². The van der Waals surface area contributed by atoms with Crippen LogP contribution in [0.1, 0.15) is 82.8 Å². The molecule has 1 aliphatic heterocycles. The van der Waals surface area contributed by atoms with Gasteiger partial charge in [-0.15, -0.1) is 0 Å². The van der Waals surface area contributed by atoms with Gasteiger partial charge in [-0.25, -0.2) is 0 Å². The van der Waals surface area contributed by atoms with E-state index in [-0.39, 0.29) is 24.6 Å². The van der Waals surface area contributed by atoms with Crippen LogP contribution in [0.15, 0.2) is 30.3 Å². The van der Waals surface area contributed by atoms with Crippen LogP contribution in [0, 0.1) is 0 Å². The van der Waals surface area contributed by atoms with Crippen molar-refractivity contribution in [2.75, 3.05) is 19.7 Å². The molecule has 1 heterocycles. The van der Waals surface area contributed by atoms with Gasteiger partial charge in [-0.1, -0.05) is 75.8 Å². The van der Waals surface area contributed by atoms with Crippen LogP contribution in [0.5, 0.6) is 0 Å². The molecule has 3 atom stereocenters. The summed E-state index contributed by atoms with van der Waals surface area (Å²) < 4.78 is 0. The Morgan fingerprint density at radius 3 is 2.52 bits per heavy atom. The van der Waals surface area contributed by atoms with E-state index in [0.29, 0.717) is 13.0 Å². The largest absolute Gasteiger partial charge is 0.395 e. The Hall–Kier alpha value is -1.43. The number of carbonyl (C=O) groups is 1. The molecule has 1 aromatic rings. The highest BCUT2D eigenvalue weighted by Crippen LogP contribution is 2.22. The minimum Gasteiger partial charge on any atom is -0.395 e. The van der Waals surface area contributed by atoms with Gasteiger partial charge in [-0.2, -0.15) is 0 Å². The van der Waals surface area contributed by atoms with Crippen LogP contribution >= 0.6 is 0 Å². The lowest BCUT2D eigenvalue weighted by atomic mass is 10.0. The van der Waals surface area contributed by atoms with Gasteiger partial charge in [0.25, 0.3) is 0 Å². The van der Waals surface area contributed by atoms with Crippen molar-refractivity contribution in [3.8, 4) is 0 Å². The van der Waals surface area contributed by atoms with Crippen LogP contribution in [-0.4, -0.2) is 52.8 Å². The first kappa shape index (κ1) is 23.8. The second-order valence-electron chi connectivity index (χ2n) is 8.37. The smallest absolute Gasteiger partial charge is 0.220 e. The maximum Gasteiger partial charge on any atom is 0.220 e. The second kappa shape index (κ2) is 13.7. The van der Waals surface area contributed by atoms with Gasteiger partial charge in [0, 0.05) is 19.0 Å². The summed E-state index contributed by atoms with van der Waals surface area (Å²) in [6.45, 7) is 3.80. The lowest BCUT2D eigenvalue weighted by Gasteiger charge is -2.31. The Kier molecular flexibility index (Phi) is 11.3. The lowest BCUT2D eigenvalue weighted by molar-refractivity contribution is -0.123. The lowest BCUT2D eigenvalue weighted by Crippen LogP contribution is -2.49. The number of hydrogen-bond donors (Lipinski definition) is 3. The van der Waals surface area contributed by atoms with Gasteiger partial charge in [-0.05, 0) is 31.4 Å². The molecule has 1 aromatic carbocycles. The average Bonchev–Trinajstić information content (AvgIpc) is 3.20. The van der Waals surface area contributed by atoms with E-state index < -0.39 is 6.10 Å². The molecule has 1 fully saturated rings. The van der Waals surface area contributed by atoms with Crippen molar-refractivity contribution in [1.29, 1.82) is 0 Å². The van der Waals surface area contributed by atoms with Gasteiger partial charge in [0.15, 0.2) is 0 Å². The average molecular weight is 405 g/mol. The van der Waals surface area contributed by atoms with Crippen molar-refractivity contribution >= 4 is 5.91 Å². The Labute approximate surface area is 176 Å². The zero-order valence-corrected chi connectivity index (χ0v) is 18.1. The second-order valence-corrected chi connectivity index (χ2v) is 8.37. The summed E-state index contributed by atoms with van der Waals surface area (Å²) in [4.78, 5) is 14.8. The number of unbranched alkanes of at least 4 members (excludes halogenated alkanes) is 6. The van der Waals surface area contributed by atoms with Crippen LogP contribution in [0.4, 0.5) is 0 Å². The predicted octanol–water partition coefficient (Wildman–Crippen LogP) is 3.80. The summed E-state index contributed by atoms with van der Waals surface area (Å²) in [7, 11) is 0. The molecule has 0 spiro atoms. The fourth-order valence-corrected chi connectivity index (χ4v) is 4.22. The summed E-state index contributed by atoms with van der Waals surface area (Å²) in [6, 6.07) is 9.28. The van der Waals surface area contributed by atoms with Gasteiger partial charge in [-0.3, -0.25) is 9.69 Å². The number of aliphatic hydroxyl groups excluding tert-OH is 2. The van der Waals surface area contributed by atoms with Crippen molar-refractivity contribution in [3.63, 3.8) is 0 Å². The maximum absolute atomic E-state index is 12.6. The van der Waals surface area contributed by atoms with Crippen LogP contribution in [0.2, 0.25) is 0 Å². The van der Waals surface area contributed by atoms with Crippen molar-refractivity contribution in [1.82, 2.24) is 10.2 Å². The summed E-state index contributed by atoms with van der Waals surface area (Å²) in [5.41, 5.74) is 0.813. The van der Waals surface area contributed by atoms with E-state index in [2.05, 4.69) is 17.1 Å². The maximum atomic E-state index is 12.6. The van der Waals surface area contributed by atoms with Gasteiger partial charge in [0.05, 0.1) is 12.6 Å².